The van der Waals surface area contributed by atoms with E-state index in [2.05, 4.69) is 51.8 Å². The zero-order valence-electron chi connectivity index (χ0n) is 18.0. The fourth-order valence-electron chi connectivity index (χ4n) is 3.26. The van der Waals surface area contributed by atoms with E-state index in [4.69, 9.17) is 0 Å². The molecule has 3 aromatic carbocycles. The van der Waals surface area contributed by atoms with Crippen LogP contribution in [0.15, 0.2) is 90.1 Å². The zero-order chi connectivity index (χ0) is 22.3. The Kier molecular flexibility index (Phi) is 6.82. The Bertz CT molecular complexity index is 1210. The molecule has 0 aliphatic rings. The second-order valence-electron chi connectivity index (χ2n) is 7.40. The van der Waals surface area contributed by atoms with Gasteiger partial charge in [-0.1, -0.05) is 48.0 Å². The van der Waals surface area contributed by atoms with Crippen LogP contribution in [0, 0.1) is 6.92 Å². The summed E-state index contributed by atoms with van der Waals surface area (Å²) in [5, 5.41) is 6.14. The summed E-state index contributed by atoms with van der Waals surface area (Å²) in [6.07, 6.45) is 5.63. The van der Waals surface area contributed by atoms with Crippen molar-refractivity contribution in [3.05, 3.63) is 102 Å². The first-order valence-electron chi connectivity index (χ1n) is 10.3. The number of carbonyl (C=O) groups is 1. The molecule has 6 heteroatoms. The van der Waals surface area contributed by atoms with Gasteiger partial charge in [0.25, 0.3) is 5.91 Å². The van der Waals surface area contributed by atoms with Gasteiger partial charge in [0.05, 0.1) is 0 Å². The molecule has 0 fully saturated rings. The normalized spacial score (nSPS) is 10.6. The quantitative estimate of drug-likeness (QED) is 0.353. The third-order valence-electron chi connectivity index (χ3n) is 5.00. The molecule has 4 aromatic rings. The van der Waals surface area contributed by atoms with Crippen LogP contribution in [0.25, 0.3) is 11.1 Å². The summed E-state index contributed by atoms with van der Waals surface area (Å²) in [4.78, 5) is 22.6. The predicted molar refractivity (Wildman–Crippen MR) is 131 cm³/mol. The van der Waals surface area contributed by atoms with Gasteiger partial charge in [-0.15, -0.1) is 11.8 Å². The van der Waals surface area contributed by atoms with E-state index in [1.54, 1.807) is 36.3 Å². The number of benzene rings is 3. The molecule has 0 atom stereocenters. The molecular formula is C26H24N4OS. The van der Waals surface area contributed by atoms with Crippen LogP contribution in [0.2, 0.25) is 0 Å². The molecule has 0 bridgehead atoms. The molecule has 1 heterocycles. The van der Waals surface area contributed by atoms with Gasteiger partial charge in [-0.2, -0.15) is 0 Å². The summed E-state index contributed by atoms with van der Waals surface area (Å²) >= 11 is 1.70. The molecule has 0 radical (unpaired) electrons. The Morgan fingerprint density at radius 1 is 0.906 bits per heavy atom. The number of aryl methyl sites for hydroxylation is 1. The Morgan fingerprint density at radius 2 is 1.66 bits per heavy atom. The first kappa shape index (κ1) is 21.6. The molecule has 0 saturated carbocycles. The van der Waals surface area contributed by atoms with Crippen molar-refractivity contribution in [2.45, 2.75) is 18.4 Å². The molecule has 0 aliphatic carbocycles. The predicted octanol–water partition coefficient (Wildman–Crippen LogP) is 5.85. The lowest BCUT2D eigenvalue weighted by molar-refractivity contribution is 0.0951. The van der Waals surface area contributed by atoms with Gasteiger partial charge in [-0.25, -0.2) is 9.97 Å². The van der Waals surface area contributed by atoms with Crippen molar-refractivity contribution in [1.29, 1.82) is 0 Å². The molecular weight excluding hydrogens is 416 g/mol. The number of amides is 1. The van der Waals surface area contributed by atoms with Gasteiger partial charge in [0.2, 0.25) is 5.95 Å². The number of rotatable bonds is 7. The molecule has 32 heavy (non-hydrogen) atoms. The number of aromatic nitrogens is 2. The lowest BCUT2D eigenvalue weighted by Crippen LogP contribution is -2.22. The largest absolute Gasteiger partial charge is 0.348 e. The van der Waals surface area contributed by atoms with Crippen LogP contribution in [0.5, 0.6) is 0 Å². The highest BCUT2D eigenvalue weighted by molar-refractivity contribution is 7.98. The lowest BCUT2D eigenvalue weighted by Gasteiger charge is -2.09. The third kappa shape index (κ3) is 5.53. The molecule has 4 rings (SSSR count). The van der Waals surface area contributed by atoms with E-state index in [-0.39, 0.29) is 5.91 Å². The standard InChI is InChI=1S/C26H24N4OS/c1-18-5-3-6-20(13-18)22-16-28-26(29-17-22)30-23-8-4-7-21(14-23)25(31)27-15-19-9-11-24(32-2)12-10-19/h3-14,16-17H,15H2,1-2H3,(H,27,31)(H,28,29,30). The van der Waals surface area contributed by atoms with Crippen LogP contribution >= 0.6 is 11.8 Å². The first-order valence-corrected chi connectivity index (χ1v) is 11.5. The molecule has 2 N–H and O–H groups in total. The van der Waals surface area contributed by atoms with Crippen LogP contribution in [0.1, 0.15) is 21.5 Å². The topological polar surface area (TPSA) is 66.9 Å². The molecule has 0 saturated heterocycles. The number of hydrogen-bond donors (Lipinski definition) is 2. The maximum Gasteiger partial charge on any atom is 0.251 e. The van der Waals surface area contributed by atoms with Gasteiger partial charge >= 0.3 is 0 Å². The Labute approximate surface area is 192 Å². The fourth-order valence-corrected chi connectivity index (χ4v) is 3.67. The third-order valence-corrected chi connectivity index (χ3v) is 5.74. The van der Waals surface area contributed by atoms with Gasteiger partial charge in [-0.05, 0) is 54.6 Å². The highest BCUT2D eigenvalue weighted by Gasteiger charge is 2.08. The minimum atomic E-state index is -0.127. The van der Waals surface area contributed by atoms with Crippen LogP contribution < -0.4 is 10.6 Å². The van der Waals surface area contributed by atoms with Gasteiger partial charge in [-0.3, -0.25) is 4.79 Å². The van der Waals surface area contributed by atoms with E-state index in [1.165, 1.54) is 10.5 Å². The summed E-state index contributed by atoms with van der Waals surface area (Å²) in [6.45, 7) is 2.54. The Balaban J connectivity index is 1.39. The van der Waals surface area contributed by atoms with Gasteiger partial charge < -0.3 is 10.6 Å². The summed E-state index contributed by atoms with van der Waals surface area (Å²) in [7, 11) is 0. The smallest absolute Gasteiger partial charge is 0.251 e. The van der Waals surface area contributed by atoms with Gasteiger partial charge in [0, 0.05) is 40.6 Å². The van der Waals surface area contributed by atoms with Crippen molar-refractivity contribution in [2.75, 3.05) is 11.6 Å². The number of thioether (sulfide) groups is 1. The first-order chi connectivity index (χ1) is 15.6. The molecule has 0 spiro atoms. The Morgan fingerprint density at radius 3 is 2.38 bits per heavy atom. The highest BCUT2D eigenvalue weighted by Crippen LogP contribution is 2.21. The number of anilines is 2. The molecule has 0 unspecified atom stereocenters. The van der Waals surface area contributed by atoms with Crippen LogP contribution in [-0.4, -0.2) is 22.1 Å². The SMILES string of the molecule is CSc1ccc(CNC(=O)c2cccc(Nc3ncc(-c4cccc(C)c4)cn3)c2)cc1. The van der Waals surface area contributed by atoms with E-state index < -0.39 is 0 Å². The number of nitrogens with zero attached hydrogens (tertiary/aromatic N) is 2. The van der Waals surface area contributed by atoms with Crippen molar-refractivity contribution >= 4 is 29.3 Å². The van der Waals surface area contributed by atoms with Crippen molar-refractivity contribution < 1.29 is 4.79 Å². The van der Waals surface area contributed by atoms with E-state index in [0.717, 1.165) is 22.4 Å². The minimum absolute atomic E-state index is 0.127. The van der Waals surface area contributed by atoms with Crippen molar-refractivity contribution in [3.63, 3.8) is 0 Å². The number of carbonyl (C=O) groups excluding carboxylic acids is 1. The Hall–Kier alpha value is -3.64. The second kappa shape index (κ2) is 10.1. The molecule has 160 valence electrons. The highest BCUT2D eigenvalue weighted by atomic mass is 32.2. The summed E-state index contributed by atoms with van der Waals surface area (Å²) < 4.78 is 0. The van der Waals surface area contributed by atoms with Crippen molar-refractivity contribution in [2.24, 2.45) is 0 Å². The van der Waals surface area contributed by atoms with Crippen LogP contribution in [0.3, 0.4) is 0 Å². The van der Waals surface area contributed by atoms with Gasteiger partial charge in [0.15, 0.2) is 0 Å². The molecule has 5 nitrogen and oxygen atoms in total. The molecule has 1 aromatic heterocycles. The van der Waals surface area contributed by atoms with Crippen molar-refractivity contribution in [3.8, 4) is 11.1 Å². The maximum atomic E-state index is 12.6. The molecule has 1 amide bonds. The fraction of sp³-hybridized carbons (Fsp3) is 0.115. The van der Waals surface area contributed by atoms with E-state index in [9.17, 15) is 4.79 Å². The average Bonchev–Trinajstić information content (AvgIpc) is 2.83. The van der Waals surface area contributed by atoms with Crippen molar-refractivity contribution in [1.82, 2.24) is 15.3 Å². The average molecular weight is 441 g/mol. The van der Waals surface area contributed by atoms with E-state index >= 15 is 0 Å². The number of hydrogen-bond acceptors (Lipinski definition) is 5. The van der Waals surface area contributed by atoms with E-state index in [1.807, 2.05) is 42.7 Å². The minimum Gasteiger partial charge on any atom is -0.348 e. The summed E-state index contributed by atoms with van der Waals surface area (Å²) in [6, 6.07) is 23.7. The second-order valence-corrected chi connectivity index (χ2v) is 8.28. The summed E-state index contributed by atoms with van der Waals surface area (Å²) in [5.41, 5.74) is 5.62. The molecule has 0 aliphatic heterocycles. The van der Waals surface area contributed by atoms with Gasteiger partial charge in [0.1, 0.15) is 0 Å². The van der Waals surface area contributed by atoms with Crippen LogP contribution in [-0.2, 0) is 6.54 Å². The van der Waals surface area contributed by atoms with Crippen LogP contribution in [0.4, 0.5) is 11.6 Å². The monoisotopic (exact) mass is 440 g/mol. The summed E-state index contributed by atoms with van der Waals surface area (Å²) in [5.74, 6) is 0.353. The zero-order valence-corrected chi connectivity index (χ0v) is 18.8. The lowest BCUT2D eigenvalue weighted by atomic mass is 10.1. The maximum absolute atomic E-state index is 12.6. The number of nitrogens with one attached hydrogen (secondary N) is 2. The van der Waals surface area contributed by atoms with E-state index in [0.29, 0.717) is 18.1 Å².